The molecule has 0 saturated heterocycles. The van der Waals surface area contributed by atoms with Crippen LogP contribution in [0.2, 0.25) is 0 Å². The van der Waals surface area contributed by atoms with Gasteiger partial charge in [-0.15, -0.1) is 6.58 Å². The number of hydrogen-bond donors (Lipinski definition) is 1. The summed E-state index contributed by atoms with van der Waals surface area (Å²) in [4.78, 5) is 0. The minimum absolute atomic E-state index is 0.503. The van der Waals surface area contributed by atoms with Crippen LogP contribution >= 0.6 is 0 Å². The van der Waals surface area contributed by atoms with Crippen LogP contribution in [0.1, 0.15) is 39.0 Å². The van der Waals surface area contributed by atoms with Crippen molar-refractivity contribution in [1.82, 2.24) is 5.32 Å². The van der Waals surface area contributed by atoms with Crippen LogP contribution in [-0.2, 0) is 4.74 Å². The Bertz CT molecular complexity index is 162. The summed E-state index contributed by atoms with van der Waals surface area (Å²) in [5.41, 5.74) is 0. The van der Waals surface area contributed by atoms with Gasteiger partial charge in [0, 0.05) is 19.2 Å². The van der Waals surface area contributed by atoms with Crippen LogP contribution in [0.4, 0.5) is 0 Å². The van der Waals surface area contributed by atoms with Crippen molar-refractivity contribution in [3.05, 3.63) is 12.7 Å². The smallest absolute Gasteiger partial charge is 0.0572 e. The highest BCUT2D eigenvalue weighted by atomic mass is 16.5. The predicted molar refractivity (Wildman–Crippen MR) is 60.5 cm³/mol. The highest BCUT2D eigenvalue weighted by Crippen LogP contribution is 2.21. The molecule has 0 heterocycles. The first-order valence-corrected chi connectivity index (χ1v) is 5.66. The maximum Gasteiger partial charge on any atom is 0.0572 e. The van der Waals surface area contributed by atoms with Crippen LogP contribution in [0.3, 0.4) is 0 Å². The third-order valence-electron chi connectivity index (χ3n) is 3.05. The second-order valence-electron chi connectivity index (χ2n) is 4.30. The molecule has 2 heteroatoms. The predicted octanol–water partition coefficient (Wildman–Crippen LogP) is 2.50. The van der Waals surface area contributed by atoms with Gasteiger partial charge < -0.3 is 10.1 Å². The number of hydrogen-bond acceptors (Lipinski definition) is 2. The van der Waals surface area contributed by atoms with Crippen molar-refractivity contribution in [1.29, 1.82) is 0 Å². The van der Waals surface area contributed by atoms with E-state index in [2.05, 4.69) is 18.8 Å². The quantitative estimate of drug-likeness (QED) is 0.684. The average Bonchev–Trinajstić information content (AvgIpc) is 2.19. The molecule has 0 aromatic rings. The third kappa shape index (κ3) is 3.81. The van der Waals surface area contributed by atoms with Crippen LogP contribution in [0.25, 0.3) is 0 Å². The topological polar surface area (TPSA) is 21.3 Å². The van der Waals surface area contributed by atoms with Crippen LogP contribution in [-0.4, -0.2) is 25.3 Å². The fraction of sp³-hybridized carbons (Fsp3) is 0.833. The molecular weight excluding hydrogens is 174 g/mol. The number of nitrogens with one attached hydrogen (secondary N) is 1. The van der Waals surface area contributed by atoms with E-state index in [1.807, 2.05) is 13.2 Å². The van der Waals surface area contributed by atoms with E-state index in [0.717, 1.165) is 6.42 Å². The van der Waals surface area contributed by atoms with Crippen molar-refractivity contribution in [2.24, 2.45) is 0 Å². The number of ether oxygens (including phenoxy) is 1. The van der Waals surface area contributed by atoms with E-state index in [0.29, 0.717) is 18.2 Å². The fourth-order valence-electron chi connectivity index (χ4n) is 2.19. The van der Waals surface area contributed by atoms with Crippen LogP contribution in [0.5, 0.6) is 0 Å². The Labute approximate surface area is 87.7 Å². The highest BCUT2D eigenvalue weighted by molar-refractivity contribution is 4.82. The molecule has 1 aliphatic carbocycles. The van der Waals surface area contributed by atoms with E-state index >= 15 is 0 Å². The lowest BCUT2D eigenvalue weighted by Crippen LogP contribution is -2.39. The molecule has 0 bridgehead atoms. The molecule has 0 spiro atoms. The maximum absolute atomic E-state index is 5.35. The van der Waals surface area contributed by atoms with Gasteiger partial charge in [0.1, 0.15) is 0 Å². The Morgan fingerprint density at radius 3 is 2.57 bits per heavy atom. The average molecular weight is 197 g/mol. The lowest BCUT2D eigenvalue weighted by atomic mass is 9.92. The summed E-state index contributed by atoms with van der Waals surface area (Å²) in [5, 5.41) is 3.64. The van der Waals surface area contributed by atoms with E-state index < -0.39 is 0 Å². The number of rotatable bonds is 5. The summed E-state index contributed by atoms with van der Waals surface area (Å²) in [6.45, 7) is 5.99. The Kier molecular flexibility index (Phi) is 5.20. The molecular formula is C12H23NO. The molecule has 1 aliphatic rings. The maximum atomic E-state index is 5.35. The van der Waals surface area contributed by atoms with Gasteiger partial charge in [0.25, 0.3) is 0 Å². The van der Waals surface area contributed by atoms with Gasteiger partial charge >= 0.3 is 0 Å². The van der Waals surface area contributed by atoms with E-state index in [-0.39, 0.29) is 0 Å². The summed E-state index contributed by atoms with van der Waals surface area (Å²) < 4.78 is 5.35. The molecule has 1 fully saturated rings. The summed E-state index contributed by atoms with van der Waals surface area (Å²) in [7, 11) is 1.82. The molecule has 0 aliphatic heterocycles. The van der Waals surface area contributed by atoms with Crippen molar-refractivity contribution in [3.63, 3.8) is 0 Å². The van der Waals surface area contributed by atoms with Crippen LogP contribution < -0.4 is 5.32 Å². The first-order valence-electron chi connectivity index (χ1n) is 5.66. The normalized spacial score (nSPS) is 29.9. The lowest BCUT2D eigenvalue weighted by molar-refractivity contribution is 0.0614. The van der Waals surface area contributed by atoms with Crippen LogP contribution in [0.15, 0.2) is 12.7 Å². The molecule has 2 nitrogen and oxygen atoms in total. The van der Waals surface area contributed by atoms with E-state index in [9.17, 15) is 0 Å². The Balaban J connectivity index is 2.18. The summed E-state index contributed by atoms with van der Waals surface area (Å²) in [6, 6.07) is 1.26. The van der Waals surface area contributed by atoms with Crippen molar-refractivity contribution in [3.8, 4) is 0 Å². The van der Waals surface area contributed by atoms with E-state index in [4.69, 9.17) is 4.74 Å². The van der Waals surface area contributed by atoms with Crippen molar-refractivity contribution < 1.29 is 4.74 Å². The molecule has 82 valence electrons. The van der Waals surface area contributed by atoms with Gasteiger partial charge in [0.2, 0.25) is 0 Å². The van der Waals surface area contributed by atoms with Crippen molar-refractivity contribution in [2.75, 3.05) is 7.11 Å². The van der Waals surface area contributed by atoms with Gasteiger partial charge in [-0.2, -0.15) is 0 Å². The Morgan fingerprint density at radius 1 is 1.43 bits per heavy atom. The molecule has 1 saturated carbocycles. The van der Waals surface area contributed by atoms with Gasteiger partial charge in [-0.25, -0.2) is 0 Å². The summed E-state index contributed by atoms with van der Waals surface area (Å²) in [5.74, 6) is 0. The van der Waals surface area contributed by atoms with Crippen LogP contribution in [0, 0.1) is 0 Å². The highest BCUT2D eigenvalue weighted by Gasteiger charge is 2.21. The van der Waals surface area contributed by atoms with Crippen molar-refractivity contribution >= 4 is 0 Å². The van der Waals surface area contributed by atoms with Gasteiger partial charge in [0.05, 0.1) is 6.10 Å². The molecule has 0 aromatic carbocycles. The molecule has 0 aromatic heterocycles. The molecule has 0 radical (unpaired) electrons. The summed E-state index contributed by atoms with van der Waals surface area (Å²) >= 11 is 0. The molecule has 1 atom stereocenters. The molecule has 14 heavy (non-hydrogen) atoms. The minimum atomic E-state index is 0.503. The molecule has 1 N–H and O–H groups in total. The van der Waals surface area contributed by atoms with Gasteiger partial charge in [-0.1, -0.05) is 6.08 Å². The van der Waals surface area contributed by atoms with Gasteiger partial charge in [-0.3, -0.25) is 0 Å². The van der Waals surface area contributed by atoms with Gasteiger partial charge in [-0.05, 0) is 39.0 Å². The third-order valence-corrected chi connectivity index (χ3v) is 3.05. The second kappa shape index (κ2) is 6.20. The van der Waals surface area contributed by atoms with Crippen molar-refractivity contribution in [2.45, 2.75) is 57.2 Å². The Morgan fingerprint density at radius 2 is 2.07 bits per heavy atom. The second-order valence-corrected chi connectivity index (χ2v) is 4.30. The van der Waals surface area contributed by atoms with E-state index in [1.165, 1.54) is 25.7 Å². The fourth-order valence-corrected chi connectivity index (χ4v) is 2.19. The first kappa shape index (κ1) is 11.7. The number of methoxy groups -OCH3 is 1. The minimum Gasteiger partial charge on any atom is -0.381 e. The zero-order valence-electron chi connectivity index (χ0n) is 9.46. The van der Waals surface area contributed by atoms with E-state index in [1.54, 1.807) is 0 Å². The largest absolute Gasteiger partial charge is 0.381 e. The summed E-state index contributed by atoms with van der Waals surface area (Å²) in [6.07, 6.45) is 8.45. The molecule has 0 amide bonds. The SMILES string of the molecule is C=CCC(C)NC1CCC(OC)CC1. The monoisotopic (exact) mass is 197 g/mol. The first-order chi connectivity index (χ1) is 6.76. The lowest BCUT2D eigenvalue weighted by Gasteiger charge is -2.30. The zero-order chi connectivity index (χ0) is 10.4. The Hall–Kier alpha value is -0.340. The molecule has 1 rings (SSSR count). The standard InChI is InChI=1S/C12H23NO/c1-4-5-10(2)13-11-6-8-12(14-3)9-7-11/h4,10-13H,1,5-9H2,2-3H3. The van der Waals surface area contributed by atoms with Gasteiger partial charge in [0.15, 0.2) is 0 Å². The molecule has 1 unspecified atom stereocenters. The zero-order valence-corrected chi connectivity index (χ0v) is 9.46.